The lowest BCUT2D eigenvalue weighted by Crippen LogP contribution is -2.49. The minimum Gasteiger partial charge on any atom is -0.385 e. The second kappa shape index (κ2) is 13.4. The molecule has 176 valence electrons. The number of amides is 2. The second-order valence-corrected chi connectivity index (χ2v) is 7.97. The molecular formula is C25H33N5O3. The Balaban J connectivity index is 1.44. The van der Waals surface area contributed by atoms with Gasteiger partial charge in [0.15, 0.2) is 0 Å². The fraction of sp³-hybridized carbons (Fsp3) is 0.440. The summed E-state index contributed by atoms with van der Waals surface area (Å²) in [4.78, 5) is 39.6. The molecule has 0 spiro atoms. The van der Waals surface area contributed by atoms with Crippen molar-refractivity contribution in [1.29, 1.82) is 0 Å². The van der Waals surface area contributed by atoms with Gasteiger partial charge in [-0.25, -0.2) is 4.98 Å². The zero-order valence-corrected chi connectivity index (χ0v) is 19.3. The van der Waals surface area contributed by atoms with Crippen molar-refractivity contribution in [3.8, 4) is 0 Å². The lowest BCUT2D eigenvalue weighted by molar-refractivity contribution is -0.133. The van der Waals surface area contributed by atoms with Crippen LogP contribution in [0.5, 0.6) is 0 Å². The van der Waals surface area contributed by atoms with E-state index in [0.29, 0.717) is 51.3 Å². The predicted octanol–water partition coefficient (Wildman–Crippen LogP) is 2.20. The summed E-state index contributed by atoms with van der Waals surface area (Å²) in [7, 11) is 1.63. The van der Waals surface area contributed by atoms with Crippen molar-refractivity contribution in [2.24, 2.45) is 0 Å². The van der Waals surface area contributed by atoms with E-state index in [4.69, 9.17) is 4.74 Å². The summed E-state index contributed by atoms with van der Waals surface area (Å²) in [5.41, 5.74) is 1.48. The smallest absolute Gasteiger partial charge is 0.274 e. The molecule has 8 nitrogen and oxygen atoms in total. The third kappa shape index (κ3) is 8.07. The largest absolute Gasteiger partial charge is 0.385 e. The first-order valence-corrected chi connectivity index (χ1v) is 11.4. The molecule has 0 saturated carbocycles. The van der Waals surface area contributed by atoms with Gasteiger partial charge < -0.3 is 14.5 Å². The van der Waals surface area contributed by atoms with E-state index in [1.165, 1.54) is 24.2 Å². The highest BCUT2D eigenvalue weighted by Crippen LogP contribution is 2.08. The maximum atomic E-state index is 12.8. The van der Waals surface area contributed by atoms with Gasteiger partial charge >= 0.3 is 0 Å². The van der Waals surface area contributed by atoms with Crippen molar-refractivity contribution in [2.45, 2.75) is 12.8 Å². The fourth-order valence-corrected chi connectivity index (χ4v) is 3.76. The summed E-state index contributed by atoms with van der Waals surface area (Å²) >= 11 is 0. The molecular weight excluding hydrogens is 418 g/mol. The molecule has 0 aliphatic carbocycles. The van der Waals surface area contributed by atoms with E-state index in [-0.39, 0.29) is 11.8 Å². The van der Waals surface area contributed by atoms with Crippen molar-refractivity contribution < 1.29 is 14.3 Å². The molecule has 2 aromatic rings. The molecule has 8 heteroatoms. The van der Waals surface area contributed by atoms with Crippen molar-refractivity contribution in [2.75, 3.05) is 59.5 Å². The van der Waals surface area contributed by atoms with Crippen molar-refractivity contribution >= 4 is 17.9 Å². The number of methoxy groups -OCH3 is 1. The Hall–Kier alpha value is -3.10. The van der Waals surface area contributed by atoms with Crippen LogP contribution in [0.25, 0.3) is 6.08 Å². The quantitative estimate of drug-likeness (QED) is 0.488. The van der Waals surface area contributed by atoms with Crippen LogP contribution in [0, 0.1) is 0 Å². The zero-order chi connectivity index (χ0) is 23.3. The standard InChI is InChI=1S/C25H33N5O3/c1-33-20-6-14-30(25(32)23-21-26-11-12-27-23)15-10-24(31)29-18-16-28(17-19-29)13-5-9-22-7-3-2-4-8-22/h2-5,7-9,11-12,21H,6,10,13-20H2,1H3/b9-5+. The first kappa shape index (κ1) is 24.5. The minimum atomic E-state index is -0.206. The molecule has 0 atom stereocenters. The number of piperazine rings is 1. The van der Waals surface area contributed by atoms with Gasteiger partial charge in [-0.05, 0) is 12.0 Å². The molecule has 0 unspecified atom stereocenters. The first-order chi connectivity index (χ1) is 16.2. The van der Waals surface area contributed by atoms with Gasteiger partial charge in [-0.1, -0.05) is 42.5 Å². The molecule has 1 aliphatic heterocycles. The van der Waals surface area contributed by atoms with Crippen molar-refractivity contribution in [3.63, 3.8) is 0 Å². The summed E-state index contributed by atoms with van der Waals surface area (Å²) in [6.45, 7) is 5.41. The highest BCUT2D eigenvalue weighted by atomic mass is 16.5. The Morgan fingerprint density at radius 3 is 2.58 bits per heavy atom. The summed E-state index contributed by atoms with van der Waals surface area (Å²) in [6.07, 6.45) is 9.79. The Morgan fingerprint density at radius 2 is 1.88 bits per heavy atom. The van der Waals surface area contributed by atoms with Gasteiger partial charge in [0, 0.05) is 78.3 Å². The molecule has 33 heavy (non-hydrogen) atoms. The number of rotatable bonds is 11. The molecule has 3 rings (SSSR count). The van der Waals surface area contributed by atoms with E-state index in [1.807, 2.05) is 23.1 Å². The van der Waals surface area contributed by atoms with Crippen LogP contribution >= 0.6 is 0 Å². The van der Waals surface area contributed by atoms with Gasteiger partial charge in [0.1, 0.15) is 5.69 Å². The minimum absolute atomic E-state index is 0.0816. The van der Waals surface area contributed by atoms with Crippen molar-refractivity contribution in [3.05, 3.63) is 66.3 Å². The summed E-state index contributed by atoms with van der Waals surface area (Å²) in [5.74, 6) is -0.125. The van der Waals surface area contributed by atoms with E-state index in [0.717, 1.165) is 19.6 Å². The van der Waals surface area contributed by atoms with Gasteiger partial charge in [-0.15, -0.1) is 0 Å². The zero-order valence-electron chi connectivity index (χ0n) is 19.3. The van der Waals surface area contributed by atoms with Crippen LogP contribution in [0.4, 0.5) is 0 Å². The predicted molar refractivity (Wildman–Crippen MR) is 128 cm³/mol. The molecule has 1 aromatic heterocycles. The van der Waals surface area contributed by atoms with Crippen molar-refractivity contribution in [1.82, 2.24) is 24.7 Å². The summed E-state index contributed by atoms with van der Waals surface area (Å²) in [5, 5.41) is 0. The van der Waals surface area contributed by atoms with Crippen LogP contribution < -0.4 is 0 Å². The number of ether oxygens (including phenoxy) is 1. The highest BCUT2D eigenvalue weighted by Gasteiger charge is 2.23. The average molecular weight is 452 g/mol. The molecule has 0 bridgehead atoms. The second-order valence-electron chi connectivity index (χ2n) is 7.97. The molecule has 2 heterocycles. The number of benzene rings is 1. The van der Waals surface area contributed by atoms with Crippen LogP contribution in [0.2, 0.25) is 0 Å². The van der Waals surface area contributed by atoms with Crippen LogP contribution in [-0.4, -0.2) is 96.0 Å². The van der Waals surface area contributed by atoms with Gasteiger partial charge in [-0.2, -0.15) is 0 Å². The lowest BCUT2D eigenvalue weighted by atomic mass is 10.2. The van der Waals surface area contributed by atoms with Crippen LogP contribution in [0.15, 0.2) is 55.0 Å². The molecule has 1 saturated heterocycles. The average Bonchev–Trinajstić information content (AvgIpc) is 2.87. The molecule has 1 aromatic carbocycles. The lowest BCUT2D eigenvalue weighted by Gasteiger charge is -2.34. The van der Waals surface area contributed by atoms with Crippen LogP contribution in [0.3, 0.4) is 0 Å². The number of aromatic nitrogens is 2. The van der Waals surface area contributed by atoms with E-state index < -0.39 is 0 Å². The Labute approximate surface area is 195 Å². The van der Waals surface area contributed by atoms with Gasteiger partial charge in [0.2, 0.25) is 5.91 Å². The summed E-state index contributed by atoms with van der Waals surface area (Å²) in [6, 6.07) is 10.2. The maximum Gasteiger partial charge on any atom is 0.274 e. The SMILES string of the molecule is COCCCN(CCC(=O)N1CCN(C/C=C/c2ccccc2)CC1)C(=O)c1cnccn1. The number of nitrogens with zero attached hydrogens (tertiary/aromatic N) is 5. The number of carbonyl (C=O) groups is 2. The first-order valence-electron chi connectivity index (χ1n) is 11.4. The Kier molecular flexibility index (Phi) is 10.0. The van der Waals surface area contributed by atoms with E-state index in [2.05, 4.69) is 39.2 Å². The third-order valence-electron chi connectivity index (χ3n) is 5.64. The van der Waals surface area contributed by atoms with Gasteiger partial charge in [-0.3, -0.25) is 19.5 Å². The molecule has 0 radical (unpaired) electrons. The molecule has 1 aliphatic rings. The monoisotopic (exact) mass is 451 g/mol. The van der Waals surface area contributed by atoms with Crippen LogP contribution in [0.1, 0.15) is 28.9 Å². The van der Waals surface area contributed by atoms with E-state index >= 15 is 0 Å². The number of carbonyl (C=O) groups excluding carboxylic acids is 2. The molecule has 2 amide bonds. The van der Waals surface area contributed by atoms with E-state index in [1.54, 1.807) is 12.0 Å². The Bertz CT molecular complexity index is 883. The van der Waals surface area contributed by atoms with E-state index in [9.17, 15) is 9.59 Å². The summed E-state index contributed by atoms with van der Waals surface area (Å²) < 4.78 is 5.11. The fourth-order valence-electron chi connectivity index (χ4n) is 3.76. The highest BCUT2D eigenvalue weighted by molar-refractivity contribution is 5.92. The maximum absolute atomic E-state index is 12.8. The van der Waals surface area contributed by atoms with Gasteiger partial charge in [0.25, 0.3) is 5.91 Å². The molecule has 0 N–H and O–H groups in total. The number of hydrogen-bond acceptors (Lipinski definition) is 6. The van der Waals surface area contributed by atoms with Gasteiger partial charge in [0.05, 0.1) is 6.20 Å². The number of hydrogen-bond donors (Lipinski definition) is 0. The van der Waals surface area contributed by atoms with Crippen LogP contribution in [-0.2, 0) is 9.53 Å². The molecule has 1 fully saturated rings. The normalized spacial score (nSPS) is 14.5. The Morgan fingerprint density at radius 1 is 1.09 bits per heavy atom. The third-order valence-corrected chi connectivity index (χ3v) is 5.64. The topological polar surface area (TPSA) is 78.9 Å².